The minimum Gasteiger partial charge on any atom is -0.480 e. The summed E-state index contributed by atoms with van der Waals surface area (Å²) in [5, 5.41) is 9.48. The van der Waals surface area contributed by atoms with E-state index in [1.54, 1.807) is 0 Å². The zero-order valence-electron chi connectivity index (χ0n) is 11.9. The molecule has 3 N–H and O–H groups in total. The maximum Gasteiger partial charge on any atom is 0.327 e. The van der Waals surface area contributed by atoms with Gasteiger partial charge in [0.1, 0.15) is 6.04 Å². The van der Waals surface area contributed by atoms with Crippen LogP contribution in [-0.2, 0) is 16.0 Å². The molecular formula is C16H20N2O3. The Balaban J connectivity index is 2.01. The summed E-state index contributed by atoms with van der Waals surface area (Å²) in [7, 11) is 0. The summed E-state index contributed by atoms with van der Waals surface area (Å²) in [6.07, 6.45) is 3.85. The van der Waals surface area contributed by atoms with Crippen LogP contribution in [0.4, 0.5) is 5.69 Å². The van der Waals surface area contributed by atoms with Crippen LogP contribution in [0.3, 0.4) is 0 Å². The number of carbonyl (C=O) groups is 2. The molecule has 1 aliphatic carbocycles. The average Bonchev–Trinajstić information content (AvgIpc) is 3.11. The fraction of sp³-hybridized carbons (Fsp3) is 0.500. The van der Waals surface area contributed by atoms with Crippen LogP contribution in [0, 0.1) is 5.41 Å². The van der Waals surface area contributed by atoms with E-state index in [1.165, 1.54) is 4.90 Å². The van der Waals surface area contributed by atoms with Crippen LogP contribution >= 0.6 is 0 Å². The van der Waals surface area contributed by atoms with Gasteiger partial charge < -0.3 is 10.8 Å². The average molecular weight is 288 g/mol. The van der Waals surface area contributed by atoms with Crippen LogP contribution in [0.2, 0.25) is 0 Å². The molecule has 1 unspecified atom stereocenters. The zero-order chi connectivity index (χ0) is 15.0. The van der Waals surface area contributed by atoms with Crippen molar-refractivity contribution in [1.82, 2.24) is 0 Å². The second kappa shape index (κ2) is 5.15. The van der Waals surface area contributed by atoms with Crippen molar-refractivity contribution in [2.45, 2.75) is 38.1 Å². The molecule has 1 fully saturated rings. The second-order valence-corrected chi connectivity index (χ2v) is 6.05. The third kappa shape index (κ3) is 2.12. The number of aliphatic carboxylic acids is 1. The monoisotopic (exact) mass is 288 g/mol. The number of nitrogens with two attached hydrogens (primary N) is 1. The molecular weight excluding hydrogens is 268 g/mol. The summed E-state index contributed by atoms with van der Waals surface area (Å²) in [6.45, 7) is 0.289. The minimum absolute atomic E-state index is 0.111. The van der Waals surface area contributed by atoms with E-state index in [0.29, 0.717) is 6.42 Å². The molecule has 0 aromatic heterocycles. The Bertz CT molecular complexity index is 579. The van der Waals surface area contributed by atoms with Gasteiger partial charge in [0, 0.05) is 18.7 Å². The Labute approximate surface area is 123 Å². The normalized spacial score (nSPS) is 23.1. The first-order valence-electron chi connectivity index (χ1n) is 7.43. The number of nitrogens with zero attached hydrogens (tertiary/aromatic N) is 1. The number of para-hydroxylation sites is 1. The molecule has 5 heteroatoms. The molecule has 1 atom stereocenters. The lowest BCUT2D eigenvalue weighted by Crippen LogP contribution is -2.52. The van der Waals surface area contributed by atoms with E-state index in [-0.39, 0.29) is 12.5 Å². The fourth-order valence-corrected chi connectivity index (χ4v) is 3.65. The highest BCUT2D eigenvalue weighted by atomic mass is 16.4. The van der Waals surface area contributed by atoms with Crippen LogP contribution in [0.15, 0.2) is 24.3 Å². The molecule has 0 radical (unpaired) electrons. The summed E-state index contributed by atoms with van der Waals surface area (Å²) in [6, 6.07) is 6.63. The molecule has 3 rings (SSSR count). The Morgan fingerprint density at radius 3 is 2.57 bits per heavy atom. The van der Waals surface area contributed by atoms with Crippen molar-refractivity contribution >= 4 is 17.6 Å². The van der Waals surface area contributed by atoms with Gasteiger partial charge in [0.25, 0.3) is 0 Å². The van der Waals surface area contributed by atoms with Gasteiger partial charge in [0.2, 0.25) is 5.91 Å². The lowest BCUT2D eigenvalue weighted by Gasteiger charge is -2.33. The maximum absolute atomic E-state index is 13.1. The third-order valence-corrected chi connectivity index (χ3v) is 4.89. The lowest BCUT2D eigenvalue weighted by atomic mass is 9.84. The van der Waals surface area contributed by atoms with Crippen molar-refractivity contribution in [3.05, 3.63) is 29.8 Å². The number of amides is 1. The second-order valence-electron chi connectivity index (χ2n) is 6.05. The molecule has 1 amide bonds. The van der Waals surface area contributed by atoms with Gasteiger partial charge in [-0.3, -0.25) is 9.69 Å². The predicted octanol–water partition coefficient (Wildman–Crippen LogP) is 1.55. The Morgan fingerprint density at radius 1 is 1.29 bits per heavy atom. The van der Waals surface area contributed by atoms with E-state index >= 15 is 0 Å². The van der Waals surface area contributed by atoms with E-state index in [4.69, 9.17) is 5.73 Å². The lowest BCUT2D eigenvalue weighted by molar-refractivity contribution is -0.141. The van der Waals surface area contributed by atoms with Gasteiger partial charge in [0.15, 0.2) is 0 Å². The molecule has 21 heavy (non-hydrogen) atoms. The van der Waals surface area contributed by atoms with Gasteiger partial charge in [-0.05, 0) is 24.5 Å². The van der Waals surface area contributed by atoms with E-state index < -0.39 is 17.4 Å². The topological polar surface area (TPSA) is 83.6 Å². The fourth-order valence-electron chi connectivity index (χ4n) is 3.65. The van der Waals surface area contributed by atoms with Crippen molar-refractivity contribution in [2.75, 3.05) is 11.4 Å². The maximum atomic E-state index is 13.1. The molecule has 0 spiro atoms. The number of carbonyl (C=O) groups excluding carboxylic acids is 1. The Hall–Kier alpha value is -1.88. The van der Waals surface area contributed by atoms with Crippen molar-refractivity contribution in [3.8, 4) is 0 Å². The smallest absolute Gasteiger partial charge is 0.327 e. The van der Waals surface area contributed by atoms with Crippen LogP contribution in [-0.4, -0.2) is 29.6 Å². The largest absolute Gasteiger partial charge is 0.480 e. The van der Waals surface area contributed by atoms with Crippen molar-refractivity contribution < 1.29 is 14.7 Å². The van der Waals surface area contributed by atoms with Crippen LogP contribution in [0.25, 0.3) is 0 Å². The minimum atomic E-state index is -0.954. The first-order chi connectivity index (χ1) is 10.1. The quantitative estimate of drug-likeness (QED) is 0.884. The standard InChI is InChI=1S/C16H20N2O3/c17-10-16(7-3-4-8-16)15(21)18-12-6-2-1-5-11(12)9-13(18)14(19)20/h1-2,5-6,13H,3-4,7-10,17H2,(H,19,20). The molecule has 0 bridgehead atoms. The summed E-state index contributed by atoms with van der Waals surface area (Å²) in [4.78, 5) is 26.1. The molecule has 5 nitrogen and oxygen atoms in total. The summed E-state index contributed by atoms with van der Waals surface area (Å²) in [5.41, 5.74) is 6.96. The third-order valence-electron chi connectivity index (χ3n) is 4.89. The Kier molecular flexibility index (Phi) is 3.45. The van der Waals surface area contributed by atoms with Crippen LogP contribution in [0.1, 0.15) is 31.2 Å². The van der Waals surface area contributed by atoms with E-state index in [0.717, 1.165) is 36.9 Å². The van der Waals surface area contributed by atoms with E-state index in [9.17, 15) is 14.7 Å². The van der Waals surface area contributed by atoms with Crippen molar-refractivity contribution in [1.29, 1.82) is 0 Å². The SMILES string of the molecule is NCC1(C(=O)N2c3ccccc3CC2C(=O)O)CCCC1. The predicted molar refractivity (Wildman–Crippen MR) is 79.0 cm³/mol. The van der Waals surface area contributed by atoms with Crippen molar-refractivity contribution in [2.24, 2.45) is 11.1 Å². The highest BCUT2D eigenvalue weighted by Crippen LogP contribution is 2.43. The molecule has 0 saturated heterocycles. The zero-order valence-corrected chi connectivity index (χ0v) is 11.9. The summed E-state index contributed by atoms with van der Waals surface area (Å²) in [5.74, 6) is -1.07. The van der Waals surface area contributed by atoms with Crippen molar-refractivity contribution in [3.63, 3.8) is 0 Å². The van der Waals surface area contributed by atoms with Crippen LogP contribution < -0.4 is 10.6 Å². The van der Waals surface area contributed by atoms with Gasteiger partial charge in [-0.25, -0.2) is 4.79 Å². The number of carboxylic acids is 1. The molecule has 1 aliphatic heterocycles. The van der Waals surface area contributed by atoms with Gasteiger partial charge in [-0.2, -0.15) is 0 Å². The molecule has 1 aromatic carbocycles. The van der Waals surface area contributed by atoms with Gasteiger partial charge in [-0.1, -0.05) is 31.0 Å². The van der Waals surface area contributed by atoms with Gasteiger partial charge >= 0.3 is 5.97 Å². The van der Waals surface area contributed by atoms with Gasteiger partial charge in [-0.15, -0.1) is 0 Å². The molecule has 1 heterocycles. The Morgan fingerprint density at radius 2 is 1.95 bits per heavy atom. The molecule has 112 valence electrons. The highest BCUT2D eigenvalue weighted by Gasteiger charge is 2.48. The number of hydrogen-bond donors (Lipinski definition) is 2. The molecule has 1 aromatic rings. The first-order valence-corrected chi connectivity index (χ1v) is 7.43. The van der Waals surface area contributed by atoms with E-state index in [2.05, 4.69) is 0 Å². The number of carboxylic acid groups (broad SMARTS) is 1. The summed E-state index contributed by atoms with van der Waals surface area (Å²) >= 11 is 0. The number of anilines is 1. The number of fused-ring (bicyclic) bond motifs is 1. The summed E-state index contributed by atoms with van der Waals surface area (Å²) < 4.78 is 0. The van der Waals surface area contributed by atoms with E-state index in [1.807, 2.05) is 24.3 Å². The molecule has 1 saturated carbocycles. The number of hydrogen-bond acceptors (Lipinski definition) is 3. The first kappa shape index (κ1) is 14.1. The highest BCUT2D eigenvalue weighted by molar-refractivity contribution is 6.04. The van der Waals surface area contributed by atoms with Gasteiger partial charge in [0.05, 0.1) is 5.41 Å². The number of rotatable bonds is 3. The molecule has 2 aliphatic rings. The van der Waals surface area contributed by atoms with Crippen LogP contribution in [0.5, 0.6) is 0 Å². The number of benzene rings is 1.